The Morgan fingerprint density at radius 3 is 1.67 bits per heavy atom. The van der Waals surface area contributed by atoms with Crippen molar-refractivity contribution in [3.05, 3.63) is 6.33 Å². The normalized spacial score (nSPS) is 19.7. The van der Waals surface area contributed by atoms with Gasteiger partial charge in [0.2, 0.25) is 23.7 Å². The number of carbonyl (C=O) groups excluding carboxylic acids is 2. The molecule has 0 unspecified atom stereocenters. The molecular formula is C15H21N5O4. The monoisotopic (exact) mass is 335 g/mol. The van der Waals surface area contributed by atoms with E-state index < -0.39 is 0 Å². The molecule has 3 rings (SSSR count). The van der Waals surface area contributed by atoms with E-state index >= 15 is 0 Å². The number of hydrogen-bond donors (Lipinski definition) is 2. The van der Waals surface area contributed by atoms with Gasteiger partial charge in [-0.15, -0.1) is 0 Å². The standard InChI is InChI=1S/C15H21N5O4/c21-12(10-1-5-23-6-2-10)18-14-16-9-17-15(20-14)19-13(22)11-3-7-24-8-4-11/h9-11H,1-8H2,(H2,16,17,18,19,20,21,22). The maximum Gasteiger partial charge on any atom is 0.234 e. The zero-order chi connectivity index (χ0) is 16.8. The molecule has 0 spiro atoms. The van der Waals surface area contributed by atoms with Crippen molar-refractivity contribution >= 4 is 23.7 Å². The van der Waals surface area contributed by atoms with Crippen LogP contribution in [-0.4, -0.2) is 53.2 Å². The van der Waals surface area contributed by atoms with Gasteiger partial charge in [-0.3, -0.25) is 20.2 Å². The van der Waals surface area contributed by atoms with Crippen molar-refractivity contribution in [2.24, 2.45) is 11.8 Å². The third-order valence-electron chi connectivity index (χ3n) is 4.23. The number of nitrogens with zero attached hydrogens (tertiary/aromatic N) is 3. The van der Waals surface area contributed by atoms with E-state index in [0.29, 0.717) is 52.1 Å². The van der Waals surface area contributed by atoms with Crippen LogP contribution in [0.1, 0.15) is 25.7 Å². The zero-order valence-electron chi connectivity index (χ0n) is 13.4. The minimum absolute atomic E-state index is 0.101. The lowest BCUT2D eigenvalue weighted by molar-refractivity contribution is -0.123. The summed E-state index contributed by atoms with van der Waals surface area (Å²) in [6, 6.07) is 0. The summed E-state index contributed by atoms with van der Waals surface area (Å²) in [7, 11) is 0. The predicted molar refractivity (Wildman–Crippen MR) is 84.2 cm³/mol. The molecule has 0 atom stereocenters. The third-order valence-corrected chi connectivity index (χ3v) is 4.23. The van der Waals surface area contributed by atoms with Gasteiger partial charge in [0.15, 0.2) is 0 Å². The number of carbonyl (C=O) groups is 2. The van der Waals surface area contributed by atoms with Gasteiger partial charge in [0.1, 0.15) is 6.33 Å². The minimum Gasteiger partial charge on any atom is -0.381 e. The van der Waals surface area contributed by atoms with Gasteiger partial charge in [0, 0.05) is 38.3 Å². The Balaban J connectivity index is 1.57. The Morgan fingerprint density at radius 2 is 1.25 bits per heavy atom. The van der Waals surface area contributed by atoms with E-state index in [2.05, 4.69) is 25.6 Å². The minimum atomic E-state index is -0.133. The number of nitrogens with one attached hydrogen (secondary N) is 2. The van der Waals surface area contributed by atoms with Crippen molar-refractivity contribution in [3.63, 3.8) is 0 Å². The van der Waals surface area contributed by atoms with E-state index in [1.54, 1.807) is 0 Å². The lowest BCUT2D eigenvalue weighted by atomic mass is 10.00. The molecule has 0 saturated carbocycles. The molecule has 0 bridgehead atoms. The van der Waals surface area contributed by atoms with E-state index in [4.69, 9.17) is 9.47 Å². The quantitative estimate of drug-likeness (QED) is 0.828. The second-order valence-corrected chi connectivity index (χ2v) is 5.88. The molecule has 2 N–H and O–H groups in total. The first-order chi connectivity index (χ1) is 11.7. The molecule has 2 amide bonds. The molecule has 1 aromatic heterocycles. The summed E-state index contributed by atoms with van der Waals surface area (Å²) in [4.78, 5) is 36.3. The number of aromatic nitrogens is 3. The fourth-order valence-electron chi connectivity index (χ4n) is 2.76. The topological polar surface area (TPSA) is 115 Å². The van der Waals surface area contributed by atoms with Gasteiger partial charge in [-0.25, -0.2) is 9.97 Å². The van der Waals surface area contributed by atoms with Gasteiger partial charge in [-0.1, -0.05) is 0 Å². The molecule has 1 aromatic rings. The van der Waals surface area contributed by atoms with Crippen LogP contribution in [0.15, 0.2) is 6.33 Å². The van der Waals surface area contributed by atoms with Crippen LogP contribution in [0.5, 0.6) is 0 Å². The Morgan fingerprint density at radius 1 is 0.833 bits per heavy atom. The van der Waals surface area contributed by atoms with E-state index in [-0.39, 0.29) is 35.5 Å². The SMILES string of the molecule is O=C(Nc1ncnc(NC(=O)C2CCOCC2)n1)C1CCOCC1. The average Bonchev–Trinajstić information content (AvgIpc) is 2.63. The maximum absolute atomic E-state index is 12.2. The molecule has 0 aliphatic carbocycles. The smallest absolute Gasteiger partial charge is 0.234 e. The van der Waals surface area contributed by atoms with E-state index in [9.17, 15) is 9.59 Å². The summed E-state index contributed by atoms with van der Waals surface area (Å²) in [6.07, 6.45) is 4.01. The molecule has 9 nitrogen and oxygen atoms in total. The summed E-state index contributed by atoms with van der Waals surface area (Å²) >= 11 is 0. The first-order valence-corrected chi connectivity index (χ1v) is 8.18. The second kappa shape index (κ2) is 8.11. The summed E-state index contributed by atoms with van der Waals surface area (Å²) in [5.41, 5.74) is 0. The molecule has 0 aromatic carbocycles. The molecule has 9 heteroatoms. The summed E-state index contributed by atoms with van der Waals surface area (Å²) in [5, 5.41) is 5.35. The molecule has 2 saturated heterocycles. The predicted octanol–water partition coefficient (Wildman–Crippen LogP) is 0.602. The molecule has 130 valence electrons. The highest BCUT2D eigenvalue weighted by Crippen LogP contribution is 2.18. The van der Waals surface area contributed by atoms with Crippen LogP contribution >= 0.6 is 0 Å². The van der Waals surface area contributed by atoms with Gasteiger partial charge in [-0.2, -0.15) is 4.98 Å². The highest BCUT2D eigenvalue weighted by molar-refractivity contribution is 5.92. The molecule has 2 aliphatic heterocycles. The van der Waals surface area contributed by atoms with Gasteiger partial charge in [-0.05, 0) is 25.7 Å². The van der Waals surface area contributed by atoms with Crippen molar-refractivity contribution in [1.82, 2.24) is 15.0 Å². The number of hydrogen-bond acceptors (Lipinski definition) is 7. The van der Waals surface area contributed by atoms with Crippen LogP contribution in [-0.2, 0) is 19.1 Å². The van der Waals surface area contributed by atoms with Crippen molar-refractivity contribution < 1.29 is 19.1 Å². The Bertz CT molecular complexity index is 538. The summed E-state index contributed by atoms with van der Waals surface area (Å²) in [5.74, 6) is -0.184. The fraction of sp³-hybridized carbons (Fsp3) is 0.667. The van der Waals surface area contributed by atoms with Crippen LogP contribution in [0.3, 0.4) is 0 Å². The first kappa shape index (κ1) is 16.7. The van der Waals surface area contributed by atoms with Crippen LogP contribution < -0.4 is 10.6 Å². The van der Waals surface area contributed by atoms with Gasteiger partial charge < -0.3 is 9.47 Å². The number of ether oxygens (including phenoxy) is 2. The van der Waals surface area contributed by atoms with Crippen molar-refractivity contribution in [2.75, 3.05) is 37.1 Å². The molecule has 0 radical (unpaired) electrons. The van der Waals surface area contributed by atoms with E-state index in [0.717, 1.165) is 0 Å². The van der Waals surface area contributed by atoms with Crippen LogP contribution in [0, 0.1) is 11.8 Å². The lowest BCUT2D eigenvalue weighted by Crippen LogP contribution is -2.30. The lowest BCUT2D eigenvalue weighted by Gasteiger charge is -2.21. The van der Waals surface area contributed by atoms with Crippen LogP contribution in [0.2, 0.25) is 0 Å². The van der Waals surface area contributed by atoms with Gasteiger partial charge in [0.25, 0.3) is 0 Å². The summed E-state index contributed by atoms with van der Waals surface area (Å²) in [6.45, 7) is 2.34. The average molecular weight is 335 g/mol. The van der Waals surface area contributed by atoms with Crippen molar-refractivity contribution in [1.29, 1.82) is 0 Å². The van der Waals surface area contributed by atoms with E-state index in [1.807, 2.05) is 0 Å². The molecule has 24 heavy (non-hydrogen) atoms. The van der Waals surface area contributed by atoms with Crippen LogP contribution in [0.25, 0.3) is 0 Å². The Kier molecular flexibility index (Phi) is 5.65. The number of amides is 2. The first-order valence-electron chi connectivity index (χ1n) is 8.18. The van der Waals surface area contributed by atoms with Gasteiger partial charge in [0.05, 0.1) is 0 Å². The fourth-order valence-corrected chi connectivity index (χ4v) is 2.76. The third kappa shape index (κ3) is 4.45. The zero-order valence-corrected chi connectivity index (χ0v) is 13.4. The van der Waals surface area contributed by atoms with Crippen molar-refractivity contribution in [3.8, 4) is 0 Å². The van der Waals surface area contributed by atoms with Crippen LogP contribution in [0.4, 0.5) is 11.9 Å². The largest absolute Gasteiger partial charge is 0.381 e. The second-order valence-electron chi connectivity index (χ2n) is 5.88. The molecular weight excluding hydrogens is 314 g/mol. The van der Waals surface area contributed by atoms with E-state index in [1.165, 1.54) is 6.33 Å². The maximum atomic E-state index is 12.2. The van der Waals surface area contributed by atoms with Gasteiger partial charge >= 0.3 is 0 Å². The van der Waals surface area contributed by atoms with Crippen molar-refractivity contribution in [2.45, 2.75) is 25.7 Å². The molecule has 2 fully saturated rings. The molecule has 3 heterocycles. The highest BCUT2D eigenvalue weighted by atomic mass is 16.5. The molecule has 2 aliphatic rings. The highest BCUT2D eigenvalue weighted by Gasteiger charge is 2.24. The number of rotatable bonds is 4. The number of anilines is 2. The summed E-state index contributed by atoms with van der Waals surface area (Å²) < 4.78 is 10.5. The Hall–Kier alpha value is -2.13. The Labute approximate surface area is 139 Å².